The lowest BCUT2D eigenvalue weighted by molar-refractivity contribution is 0.0687. The van der Waals surface area contributed by atoms with Crippen molar-refractivity contribution < 1.29 is 18.4 Å². The predicted octanol–water partition coefficient (Wildman–Crippen LogP) is 4.11. The molecule has 1 amide bonds. The summed E-state index contributed by atoms with van der Waals surface area (Å²) in [5.74, 6) is 0.143. The molecule has 1 saturated heterocycles. The van der Waals surface area contributed by atoms with E-state index in [1.165, 1.54) is 12.1 Å². The van der Waals surface area contributed by atoms with Gasteiger partial charge in [0.2, 0.25) is 0 Å². The summed E-state index contributed by atoms with van der Waals surface area (Å²) >= 11 is 0. The topological polar surface area (TPSA) is 63.7 Å². The van der Waals surface area contributed by atoms with Gasteiger partial charge in [-0.15, -0.1) is 0 Å². The summed E-state index contributed by atoms with van der Waals surface area (Å²) in [6, 6.07) is 6.55. The average molecular weight is 455 g/mol. The maximum Gasteiger partial charge on any atom is 0.255 e. The highest BCUT2D eigenvalue weighted by Crippen LogP contribution is 2.33. The first-order chi connectivity index (χ1) is 16.0. The van der Waals surface area contributed by atoms with Crippen LogP contribution in [0, 0.1) is 5.82 Å². The van der Waals surface area contributed by atoms with Crippen LogP contribution in [0.1, 0.15) is 59.5 Å². The van der Waals surface area contributed by atoms with E-state index in [9.17, 15) is 9.18 Å². The van der Waals surface area contributed by atoms with Crippen LogP contribution in [-0.2, 0) is 11.8 Å². The number of carbonyl (C=O) groups excluding carboxylic acids is 1. The van der Waals surface area contributed by atoms with Crippen molar-refractivity contribution in [2.45, 2.75) is 37.7 Å². The summed E-state index contributed by atoms with van der Waals surface area (Å²) < 4.78 is 26.4. The third-order valence-corrected chi connectivity index (χ3v) is 7.23. The third-order valence-electron chi connectivity index (χ3n) is 7.23. The summed E-state index contributed by atoms with van der Waals surface area (Å²) in [6.45, 7) is 4.42. The molecule has 2 aromatic heterocycles. The molecule has 5 rings (SSSR count). The Morgan fingerprint density at radius 2 is 1.97 bits per heavy atom. The number of piperidine rings is 1. The molecule has 2 aliphatic heterocycles. The zero-order valence-electron chi connectivity index (χ0n) is 19.3. The van der Waals surface area contributed by atoms with E-state index < -0.39 is 0 Å². The molecule has 0 spiro atoms. The molecule has 3 aromatic rings. The Morgan fingerprint density at radius 3 is 2.76 bits per heavy atom. The molecule has 1 fully saturated rings. The number of hydrogen-bond acceptors (Lipinski definition) is 5. The van der Waals surface area contributed by atoms with Gasteiger partial charge < -0.3 is 23.6 Å². The minimum Gasteiger partial charge on any atom is -0.375 e. The number of rotatable bonds is 6. The molecule has 1 atom stereocenters. The Balaban J connectivity index is 1.14. The number of aromatic nitrogens is 2. The highest BCUT2D eigenvalue weighted by Gasteiger charge is 2.30. The zero-order valence-corrected chi connectivity index (χ0v) is 19.3. The van der Waals surface area contributed by atoms with Gasteiger partial charge in [0.15, 0.2) is 5.58 Å². The average Bonchev–Trinajstić information content (AvgIpc) is 3.38. The number of methoxy groups -OCH3 is 1. The fraction of sp³-hybridized carbons (Fsp3) is 0.520. The van der Waals surface area contributed by atoms with Gasteiger partial charge in [-0.1, -0.05) is 5.16 Å². The number of ether oxygens (including phenoxy) is 1. The quantitative estimate of drug-likeness (QED) is 0.561. The van der Waals surface area contributed by atoms with E-state index in [2.05, 4.69) is 10.1 Å². The van der Waals surface area contributed by atoms with Crippen molar-refractivity contribution in [1.29, 1.82) is 0 Å². The summed E-state index contributed by atoms with van der Waals surface area (Å²) in [5, 5.41) is 5.16. The van der Waals surface area contributed by atoms with Crippen molar-refractivity contribution in [3.63, 3.8) is 0 Å². The molecule has 2 aliphatic rings. The van der Waals surface area contributed by atoms with E-state index in [1.54, 1.807) is 13.2 Å². The molecular weight excluding hydrogens is 423 g/mol. The van der Waals surface area contributed by atoms with Gasteiger partial charge in [-0.2, -0.15) is 0 Å². The van der Waals surface area contributed by atoms with E-state index in [1.807, 2.05) is 28.8 Å². The molecule has 7 nitrogen and oxygen atoms in total. The van der Waals surface area contributed by atoms with Crippen molar-refractivity contribution in [2.75, 3.05) is 39.8 Å². The molecule has 33 heavy (non-hydrogen) atoms. The maximum atomic E-state index is 13.4. The molecule has 1 aromatic carbocycles. The molecule has 4 heterocycles. The van der Waals surface area contributed by atoms with E-state index in [-0.39, 0.29) is 17.8 Å². The first-order valence-corrected chi connectivity index (χ1v) is 11.8. The third kappa shape index (κ3) is 4.29. The Hall–Kier alpha value is -2.71. The number of fused-ring (bicyclic) bond motifs is 2. The van der Waals surface area contributed by atoms with Gasteiger partial charge in [0.25, 0.3) is 5.91 Å². The van der Waals surface area contributed by atoms with E-state index in [4.69, 9.17) is 9.26 Å². The second-order valence-electron chi connectivity index (χ2n) is 9.21. The van der Waals surface area contributed by atoms with Crippen LogP contribution in [0.5, 0.6) is 0 Å². The van der Waals surface area contributed by atoms with Crippen LogP contribution in [0.2, 0.25) is 0 Å². The standard InChI is InChI=1S/C25H31FN4O3/c1-28-12-8-20-24(28)21(32-2)9-15-30(25(20)31)11-3-10-29-13-6-17(7-14-29)23-19-5-4-18(26)16-22(19)33-27-23/h4-5,8,12,16-17,21H,3,6-7,9-11,13-15H2,1-2H3. The van der Waals surface area contributed by atoms with Crippen LogP contribution in [0.15, 0.2) is 35.0 Å². The number of benzene rings is 1. The second-order valence-corrected chi connectivity index (χ2v) is 9.21. The van der Waals surface area contributed by atoms with Gasteiger partial charge >= 0.3 is 0 Å². The Morgan fingerprint density at radius 1 is 1.15 bits per heavy atom. The van der Waals surface area contributed by atoms with E-state index in [0.29, 0.717) is 18.0 Å². The van der Waals surface area contributed by atoms with Gasteiger partial charge in [0.05, 0.1) is 23.1 Å². The van der Waals surface area contributed by atoms with Crippen LogP contribution in [-0.4, -0.2) is 65.3 Å². The predicted molar refractivity (Wildman–Crippen MR) is 123 cm³/mol. The number of hydrogen-bond donors (Lipinski definition) is 0. The van der Waals surface area contributed by atoms with Gasteiger partial charge in [0, 0.05) is 50.8 Å². The number of amides is 1. The van der Waals surface area contributed by atoms with Crippen molar-refractivity contribution in [3.05, 3.63) is 53.2 Å². The van der Waals surface area contributed by atoms with Crippen LogP contribution < -0.4 is 0 Å². The molecule has 1 unspecified atom stereocenters. The molecule has 0 bridgehead atoms. The monoisotopic (exact) mass is 454 g/mol. The van der Waals surface area contributed by atoms with Crippen molar-refractivity contribution in [1.82, 2.24) is 19.5 Å². The maximum absolute atomic E-state index is 13.4. The molecule has 176 valence electrons. The van der Waals surface area contributed by atoms with E-state index >= 15 is 0 Å². The number of nitrogens with zero attached hydrogens (tertiary/aromatic N) is 4. The lowest BCUT2D eigenvalue weighted by Gasteiger charge is -2.31. The minimum atomic E-state index is -0.302. The molecule has 0 saturated carbocycles. The Labute approximate surface area is 193 Å². The van der Waals surface area contributed by atoms with Crippen molar-refractivity contribution in [2.24, 2.45) is 7.05 Å². The normalized spacial score (nSPS) is 20.4. The molecule has 0 N–H and O–H groups in total. The number of likely N-dealkylation sites (tertiary alicyclic amines) is 1. The summed E-state index contributed by atoms with van der Waals surface area (Å²) in [5.41, 5.74) is 3.22. The SMILES string of the molecule is COC1CCN(CCCN2CCC(c3noc4cc(F)ccc34)CC2)C(=O)c2ccn(C)c21. The minimum absolute atomic E-state index is 0.0444. The largest absolute Gasteiger partial charge is 0.375 e. The van der Waals surface area contributed by atoms with Crippen LogP contribution in [0.4, 0.5) is 4.39 Å². The smallest absolute Gasteiger partial charge is 0.255 e. The summed E-state index contributed by atoms with van der Waals surface area (Å²) in [7, 11) is 3.68. The highest BCUT2D eigenvalue weighted by atomic mass is 19.1. The molecule has 0 radical (unpaired) electrons. The number of halogens is 1. The van der Waals surface area contributed by atoms with Crippen LogP contribution in [0.3, 0.4) is 0 Å². The molecule has 8 heteroatoms. The fourth-order valence-electron chi connectivity index (χ4n) is 5.39. The van der Waals surface area contributed by atoms with Crippen molar-refractivity contribution >= 4 is 16.9 Å². The lowest BCUT2D eigenvalue weighted by atomic mass is 9.91. The van der Waals surface area contributed by atoms with Gasteiger partial charge in [0.1, 0.15) is 5.82 Å². The summed E-state index contributed by atoms with van der Waals surface area (Å²) in [6.07, 6.45) is 5.67. The van der Waals surface area contributed by atoms with Gasteiger partial charge in [-0.05, 0) is 63.5 Å². The van der Waals surface area contributed by atoms with Gasteiger partial charge in [-0.3, -0.25) is 4.79 Å². The first-order valence-electron chi connectivity index (χ1n) is 11.8. The van der Waals surface area contributed by atoms with Crippen LogP contribution >= 0.6 is 0 Å². The van der Waals surface area contributed by atoms with E-state index in [0.717, 1.165) is 74.2 Å². The molecule has 0 aliphatic carbocycles. The molecular formula is C25H31FN4O3. The fourth-order valence-corrected chi connectivity index (χ4v) is 5.39. The second kappa shape index (κ2) is 9.27. The number of aryl methyl sites for hydroxylation is 1. The summed E-state index contributed by atoms with van der Waals surface area (Å²) in [4.78, 5) is 17.5. The highest BCUT2D eigenvalue weighted by molar-refractivity contribution is 5.96. The lowest BCUT2D eigenvalue weighted by Crippen LogP contribution is -2.37. The van der Waals surface area contributed by atoms with Crippen molar-refractivity contribution in [3.8, 4) is 0 Å². The zero-order chi connectivity index (χ0) is 22.9. The van der Waals surface area contributed by atoms with Gasteiger partial charge in [-0.25, -0.2) is 4.39 Å². The Bertz CT molecular complexity index is 1130. The first kappa shape index (κ1) is 22.1. The Kier molecular flexibility index (Phi) is 6.21. The van der Waals surface area contributed by atoms with Crippen LogP contribution in [0.25, 0.3) is 11.0 Å². The number of carbonyl (C=O) groups is 1.